The second-order valence-corrected chi connectivity index (χ2v) is 17.8. The highest BCUT2D eigenvalue weighted by Gasteiger charge is 2.38. The molecule has 2 heterocycles. The number of para-hydroxylation sites is 2. The maximum Gasteiger partial charge on any atom is 0.169 e. The summed E-state index contributed by atoms with van der Waals surface area (Å²) in [6.07, 6.45) is 0.602. The van der Waals surface area contributed by atoms with Crippen LogP contribution in [-0.4, -0.2) is 16.2 Å². The Labute approximate surface area is 363 Å². The fourth-order valence-electron chi connectivity index (χ4n) is 10.8. The third-order valence-corrected chi connectivity index (χ3v) is 14.0. The van der Waals surface area contributed by atoms with E-state index in [-0.39, 0.29) is 17.5 Å². The second-order valence-electron chi connectivity index (χ2n) is 17.8. The van der Waals surface area contributed by atoms with E-state index < -0.39 is 0 Å². The van der Waals surface area contributed by atoms with Gasteiger partial charge in [0.05, 0.1) is 11.0 Å². The van der Waals surface area contributed by atoms with E-state index in [9.17, 15) is 0 Å². The largest absolute Gasteiger partial charge is 0.324 e. The molecule has 3 atom stereocenters. The Hall–Kier alpha value is -7.30. The minimum absolute atomic E-state index is 0.0345. The van der Waals surface area contributed by atoms with Crippen molar-refractivity contribution in [1.82, 2.24) is 9.88 Å². The summed E-state index contributed by atoms with van der Waals surface area (Å²) in [5, 5.41) is 6.23. The van der Waals surface area contributed by atoms with Gasteiger partial charge in [-0.3, -0.25) is 0 Å². The van der Waals surface area contributed by atoms with Gasteiger partial charge in [0.25, 0.3) is 0 Å². The van der Waals surface area contributed by atoms with Gasteiger partial charge in [-0.05, 0) is 110 Å². The highest BCUT2D eigenvalue weighted by molar-refractivity contribution is 6.16. The van der Waals surface area contributed by atoms with Crippen LogP contribution in [-0.2, 0) is 11.8 Å². The van der Waals surface area contributed by atoms with Crippen molar-refractivity contribution in [2.45, 2.75) is 50.6 Å². The average molecular weight is 799 g/mol. The number of hydrogen-bond acceptors (Lipinski definition) is 3. The molecule has 298 valence electrons. The van der Waals surface area contributed by atoms with Gasteiger partial charge < -0.3 is 9.88 Å². The number of aliphatic imine (C=N–C) groups is 2. The van der Waals surface area contributed by atoms with E-state index in [1.165, 1.54) is 71.9 Å². The Morgan fingerprint density at radius 2 is 1.18 bits per heavy atom. The van der Waals surface area contributed by atoms with Crippen LogP contribution in [0.2, 0.25) is 0 Å². The molecular weight excluding hydrogens is 753 g/mol. The van der Waals surface area contributed by atoms with Crippen LogP contribution >= 0.6 is 0 Å². The molecule has 0 spiro atoms. The number of fused-ring (bicyclic) bond motifs is 9. The number of amidine groups is 2. The molecule has 2 aliphatic carbocycles. The van der Waals surface area contributed by atoms with Gasteiger partial charge in [-0.15, -0.1) is 0 Å². The van der Waals surface area contributed by atoms with Crippen LogP contribution in [0, 0.1) is 0 Å². The maximum atomic E-state index is 5.31. The molecule has 1 N–H and O–H groups in total. The monoisotopic (exact) mass is 798 g/mol. The van der Waals surface area contributed by atoms with Gasteiger partial charge in [0.1, 0.15) is 11.7 Å². The lowest BCUT2D eigenvalue weighted by molar-refractivity contribution is 0.566. The summed E-state index contributed by atoms with van der Waals surface area (Å²) in [7, 11) is 0. The first-order valence-corrected chi connectivity index (χ1v) is 21.9. The highest BCUT2D eigenvalue weighted by Crippen LogP contribution is 2.53. The van der Waals surface area contributed by atoms with E-state index in [0.717, 1.165) is 40.5 Å². The van der Waals surface area contributed by atoms with Gasteiger partial charge in [-0.1, -0.05) is 172 Å². The first-order chi connectivity index (χ1) is 30.4. The minimum atomic E-state index is -0.390. The van der Waals surface area contributed by atoms with Gasteiger partial charge in [-0.2, -0.15) is 0 Å². The Bertz CT molecular complexity index is 3260. The van der Waals surface area contributed by atoms with Gasteiger partial charge in [0.15, 0.2) is 6.17 Å². The molecule has 3 aliphatic rings. The Kier molecular flexibility index (Phi) is 8.33. The molecule has 0 amide bonds. The Morgan fingerprint density at radius 3 is 1.94 bits per heavy atom. The minimum Gasteiger partial charge on any atom is -0.324 e. The molecule has 1 aliphatic heterocycles. The predicted molar refractivity (Wildman–Crippen MR) is 257 cm³/mol. The number of hydrogen-bond donors (Lipinski definition) is 1. The molecule has 0 fully saturated rings. The van der Waals surface area contributed by atoms with Crippen molar-refractivity contribution in [3.05, 3.63) is 233 Å². The molecule has 0 radical (unpaired) electrons. The second kappa shape index (κ2) is 14.1. The molecule has 0 saturated carbocycles. The number of nitrogens with zero attached hydrogens (tertiary/aromatic N) is 3. The van der Waals surface area contributed by atoms with Crippen LogP contribution in [0.25, 0.3) is 49.7 Å². The van der Waals surface area contributed by atoms with Gasteiger partial charge in [0, 0.05) is 33.0 Å². The zero-order valence-corrected chi connectivity index (χ0v) is 35.2. The Morgan fingerprint density at radius 1 is 0.548 bits per heavy atom. The first-order valence-electron chi connectivity index (χ1n) is 21.9. The topological polar surface area (TPSA) is 41.7 Å². The number of rotatable bonds is 6. The molecule has 12 rings (SSSR count). The fraction of sp³-hybridized carbons (Fsp3) is 0.138. The predicted octanol–water partition coefficient (Wildman–Crippen LogP) is 13.7. The SMILES string of the molecule is CC(c1cccc(C2=NC(c3ccccc3)N=C(c3cccc(-n4c5ccccc5c5ccccc54)c3)N2)c1)C1Cc2cc3c(cc2-c2ccccc21)-c1ccccc1C3(C)C. The smallest absolute Gasteiger partial charge is 0.169 e. The van der Waals surface area contributed by atoms with Gasteiger partial charge in [0.2, 0.25) is 0 Å². The van der Waals surface area contributed by atoms with Crippen LogP contribution in [0.5, 0.6) is 0 Å². The lowest BCUT2D eigenvalue weighted by atomic mass is 9.70. The lowest BCUT2D eigenvalue weighted by Gasteiger charge is -2.34. The summed E-state index contributed by atoms with van der Waals surface area (Å²) in [6, 6.07) is 68.7. The van der Waals surface area contributed by atoms with E-state index in [2.05, 4.69) is 219 Å². The molecule has 9 aromatic rings. The van der Waals surface area contributed by atoms with E-state index in [0.29, 0.717) is 5.92 Å². The molecule has 1 aromatic heterocycles. The summed E-state index contributed by atoms with van der Waals surface area (Å²) < 4.78 is 2.36. The molecule has 62 heavy (non-hydrogen) atoms. The lowest BCUT2D eigenvalue weighted by Crippen LogP contribution is -2.36. The van der Waals surface area contributed by atoms with E-state index in [1.54, 1.807) is 0 Å². The summed E-state index contributed by atoms with van der Waals surface area (Å²) in [5.74, 6) is 2.21. The number of nitrogens with one attached hydrogen (secondary N) is 1. The molecule has 4 heteroatoms. The molecule has 0 bridgehead atoms. The highest BCUT2D eigenvalue weighted by atomic mass is 15.2. The molecule has 4 nitrogen and oxygen atoms in total. The quantitative estimate of drug-likeness (QED) is 0.179. The van der Waals surface area contributed by atoms with Gasteiger partial charge >= 0.3 is 0 Å². The van der Waals surface area contributed by atoms with Crippen LogP contribution in [0.15, 0.2) is 198 Å². The normalized spacial score (nSPS) is 17.6. The summed E-state index contributed by atoms with van der Waals surface area (Å²) in [4.78, 5) is 10.6. The fourth-order valence-corrected chi connectivity index (χ4v) is 10.8. The zero-order valence-electron chi connectivity index (χ0n) is 35.2. The van der Waals surface area contributed by atoms with Gasteiger partial charge in [-0.25, -0.2) is 9.98 Å². The summed E-state index contributed by atoms with van der Waals surface area (Å²) >= 11 is 0. The first kappa shape index (κ1) is 36.5. The van der Waals surface area contributed by atoms with Crippen molar-refractivity contribution in [2.24, 2.45) is 9.98 Å². The molecule has 8 aromatic carbocycles. The van der Waals surface area contributed by atoms with Crippen molar-refractivity contribution < 1.29 is 0 Å². The average Bonchev–Trinajstić information content (AvgIpc) is 3.78. The van der Waals surface area contributed by atoms with Crippen LogP contribution in [0.4, 0.5) is 0 Å². The third kappa shape index (κ3) is 5.74. The van der Waals surface area contributed by atoms with Crippen molar-refractivity contribution in [1.29, 1.82) is 0 Å². The zero-order chi connectivity index (χ0) is 41.5. The van der Waals surface area contributed by atoms with Crippen molar-refractivity contribution in [3.8, 4) is 27.9 Å². The molecular formula is C58H46N4. The Balaban J connectivity index is 0.905. The summed E-state index contributed by atoms with van der Waals surface area (Å²) in [6.45, 7) is 7.18. The van der Waals surface area contributed by atoms with E-state index in [4.69, 9.17) is 9.98 Å². The summed E-state index contributed by atoms with van der Waals surface area (Å²) in [5.41, 5.74) is 19.1. The maximum absolute atomic E-state index is 5.31. The van der Waals surface area contributed by atoms with Crippen molar-refractivity contribution in [2.75, 3.05) is 0 Å². The van der Waals surface area contributed by atoms with Crippen molar-refractivity contribution in [3.63, 3.8) is 0 Å². The molecule has 3 unspecified atom stereocenters. The van der Waals surface area contributed by atoms with Crippen LogP contribution in [0.3, 0.4) is 0 Å². The van der Waals surface area contributed by atoms with Crippen LogP contribution in [0.1, 0.15) is 83.3 Å². The van der Waals surface area contributed by atoms with E-state index in [1.807, 2.05) is 0 Å². The number of benzene rings is 8. The van der Waals surface area contributed by atoms with E-state index >= 15 is 0 Å². The third-order valence-electron chi connectivity index (χ3n) is 14.0. The molecule has 0 saturated heterocycles. The van der Waals surface area contributed by atoms with Crippen LogP contribution < -0.4 is 5.32 Å². The number of aromatic nitrogens is 1. The standard InChI is InChI=1S/C58H46N4/c1-36(48-33-41-34-52-50(35-49(41)44-24-8-7-23-43(44)48)45-25-9-12-28-51(45)58(52,2)3)38-19-15-20-39(31-38)56-59-55(37-17-5-4-6-18-37)60-57(61-56)40-21-16-22-42(32-40)62-53-29-13-10-26-46(53)47-27-11-14-30-54(47)62/h4-32,34-36,48,55H,33H2,1-3H3,(H,59,60,61). The van der Waals surface area contributed by atoms with Crippen molar-refractivity contribution >= 4 is 33.5 Å².